The normalized spacial score (nSPS) is 22.5. The Kier molecular flexibility index (Phi) is 4.70. The second-order valence-corrected chi connectivity index (χ2v) is 5.38. The third-order valence-electron chi connectivity index (χ3n) is 3.78. The molecule has 1 aromatic rings. The van der Waals surface area contributed by atoms with Crippen molar-refractivity contribution < 1.29 is 14.7 Å². The molecule has 2 rings (SSSR count). The van der Waals surface area contributed by atoms with Gasteiger partial charge >= 0.3 is 5.97 Å². The lowest BCUT2D eigenvalue weighted by molar-refractivity contribution is -0.138. The highest BCUT2D eigenvalue weighted by Crippen LogP contribution is 2.27. The molecule has 1 aliphatic rings. The molecule has 1 aromatic carbocycles. The minimum atomic E-state index is -0.995. The van der Waals surface area contributed by atoms with E-state index in [-0.39, 0.29) is 17.6 Å². The van der Waals surface area contributed by atoms with Crippen LogP contribution in [0.15, 0.2) is 54.1 Å². The Morgan fingerprint density at radius 2 is 1.95 bits per heavy atom. The highest BCUT2D eigenvalue weighted by atomic mass is 16.4. The molecule has 0 saturated carbocycles. The first-order valence-corrected chi connectivity index (χ1v) is 6.97. The molecule has 0 spiro atoms. The van der Waals surface area contributed by atoms with Crippen molar-refractivity contribution in [2.45, 2.75) is 19.4 Å². The molecule has 21 heavy (non-hydrogen) atoms. The van der Waals surface area contributed by atoms with Gasteiger partial charge in [0, 0.05) is 11.1 Å². The smallest absolute Gasteiger partial charge is 0.320 e. The third-order valence-corrected chi connectivity index (χ3v) is 3.78. The molecule has 0 radical (unpaired) electrons. The quantitative estimate of drug-likeness (QED) is 0.814. The van der Waals surface area contributed by atoms with Crippen LogP contribution in [0, 0.1) is 11.8 Å². The Hall–Kier alpha value is -2.20. The van der Waals surface area contributed by atoms with E-state index < -0.39 is 12.0 Å². The van der Waals surface area contributed by atoms with Crippen molar-refractivity contribution in [3.05, 3.63) is 59.7 Å². The van der Waals surface area contributed by atoms with Crippen LogP contribution in [0.5, 0.6) is 0 Å². The Balaban J connectivity index is 2.08. The Bertz CT molecular complexity index is 589. The maximum atomic E-state index is 12.3. The van der Waals surface area contributed by atoms with E-state index in [1.165, 1.54) is 0 Å². The molecular formula is C17H19NO3. The lowest BCUT2D eigenvalue weighted by Crippen LogP contribution is -2.33. The Morgan fingerprint density at radius 1 is 1.29 bits per heavy atom. The summed E-state index contributed by atoms with van der Waals surface area (Å²) in [6.45, 7) is 1.97. The van der Waals surface area contributed by atoms with Gasteiger partial charge in [0.2, 0.25) is 0 Å². The summed E-state index contributed by atoms with van der Waals surface area (Å²) in [4.78, 5) is 23.2. The van der Waals surface area contributed by atoms with E-state index in [9.17, 15) is 9.59 Å². The van der Waals surface area contributed by atoms with Crippen molar-refractivity contribution in [3.8, 4) is 0 Å². The molecule has 110 valence electrons. The largest absolute Gasteiger partial charge is 0.480 e. The van der Waals surface area contributed by atoms with E-state index in [0.717, 1.165) is 0 Å². The lowest BCUT2D eigenvalue weighted by atomic mass is 9.81. The zero-order valence-electron chi connectivity index (χ0n) is 11.9. The van der Waals surface area contributed by atoms with Crippen molar-refractivity contribution in [3.63, 3.8) is 0 Å². The summed E-state index contributed by atoms with van der Waals surface area (Å²) in [5.74, 6) is -0.878. The van der Waals surface area contributed by atoms with Crippen molar-refractivity contribution in [1.29, 1.82) is 0 Å². The minimum absolute atomic E-state index is 0.0142. The van der Waals surface area contributed by atoms with Crippen LogP contribution in [0.1, 0.15) is 23.7 Å². The molecular weight excluding hydrogens is 266 g/mol. The van der Waals surface area contributed by atoms with Crippen LogP contribution in [-0.2, 0) is 4.79 Å². The van der Waals surface area contributed by atoms with Gasteiger partial charge in [-0.3, -0.25) is 9.59 Å². The number of carbonyl (C=O) groups excluding carboxylic acids is 1. The van der Waals surface area contributed by atoms with Gasteiger partial charge in [-0.25, -0.2) is 0 Å². The predicted molar refractivity (Wildman–Crippen MR) is 80.9 cm³/mol. The van der Waals surface area contributed by atoms with Gasteiger partial charge in [0.1, 0.15) is 6.04 Å². The summed E-state index contributed by atoms with van der Waals surface area (Å²) in [7, 11) is 0. The van der Waals surface area contributed by atoms with E-state index in [2.05, 4.69) is 0 Å². The number of benzene rings is 1. The first kappa shape index (κ1) is 15.2. The van der Waals surface area contributed by atoms with Gasteiger partial charge < -0.3 is 10.8 Å². The third kappa shape index (κ3) is 3.67. The molecule has 0 heterocycles. The van der Waals surface area contributed by atoms with Gasteiger partial charge in [-0.2, -0.15) is 0 Å². The summed E-state index contributed by atoms with van der Waals surface area (Å²) >= 11 is 0. The molecule has 3 N–H and O–H groups in total. The van der Waals surface area contributed by atoms with E-state index in [1.54, 1.807) is 18.2 Å². The number of rotatable bonds is 5. The summed E-state index contributed by atoms with van der Waals surface area (Å²) in [5, 5.41) is 8.87. The monoisotopic (exact) mass is 285 g/mol. The maximum absolute atomic E-state index is 12.3. The van der Waals surface area contributed by atoms with E-state index >= 15 is 0 Å². The number of hydrogen-bond acceptors (Lipinski definition) is 3. The van der Waals surface area contributed by atoms with Gasteiger partial charge in [-0.1, -0.05) is 55.5 Å². The fraction of sp³-hybridized carbons (Fsp3) is 0.294. The lowest BCUT2D eigenvalue weighted by Gasteiger charge is -2.24. The summed E-state index contributed by atoms with van der Waals surface area (Å²) < 4.78 is 0. The molecule has 1 aliphatic carbocycles. The number of hydrogen-bond donors (Lipinski definition) is 2. The summed E-state index contributed by atoms with van der Waals surface area (Å²) in [6.07, 6.45) is 5.93. The first-order valence-electron chi connectivity index (χ1n) is 6.97. The van der Waals surface area contributed by atoms with Crippen molar-refractivity contribution in [2.75, 3.05) is 0 Å². The number of ketones is 1. The van der Waals surface area contributed by atoms with Crippen molar-refractivity contribution in [2.24, 2.45) is 17.6 Å². The number of nitrogens with two attached hydrogens (primary N) is 1. The van der Waals surface area contributed by atoms with Gasteiger partial charge in [-0.15, -0.1) is 0 Å². The van der Waals surface area contributed by atoms with Gasteiger partial charge in [-0.05, 0) is 18.3 Å². The number of carboxylic acid groups (broad SMARTS) is 1. The highest BCUT2D eigenvalue weighted by Gasteiger charge is 2.24. The number of carboxylic acids is 1. The molecule has 2 unspecified atom stereocenters. The van der Waals surface area contributed by atoms with E-state index in [1.807, 2.05) is 37.3 Å². The Labute approximate surface area is 124 Å². The fourth-order valence-electron chi connectivity index (χ4n) is 2.46. The molecule has 0 fully saturated rings. The number of aliphatic carboxylic acids is 1. The van der Waals surface area contributed by atoms with Crippen LogP contribution in [0.25, 0.3) is 0 Å². The van der Waals surface area contributed by atoms with Crippen LogP contribution in [0.4, 0.5) is 0 Å². The minimum Gasteiger partial charge on any atom is -0.480 e. The highest BCUT2D eigenvalue weighted by molar-refractivity contribution is 6.10. The molecule has 0 bridgehead atoms. The summed E-state index contributed by atoms with van der Waals surface area (Å²) in [5.41, 5.74) is 6.88. The maximum Gasteiger partial charge on any atom is 0.320 e. The zero-order valence-corrected chi connectivity index (χ0v) is 11.9. The van der Waals surface area contributed by atoms with Crippen LogP contribution in [-0.4, -0.2) is 22.9 Å². The van der Waals surface area contributed by atoms with Crippen LogP contribution in [0.2, 0.25) is 0 Å². The second kappa shape index (κ2) is 6.50. The second-order valence-electron chi connectivity index (χ2n) is 5.38. The van der Waals surface area contributed by atoms with E-state index in [4.69, 9.17) is 10.8 Å². The average molecular weight is 285 g/mol. The fourth-order valence-corrected chi connectivity index (χ4v) is 2.46. The molecule has 0 amide bonds. The Morgan fingerprint density at radius 3 is 2.52 bits per heavy atom. The number of Topliss-reactive ketones (excluding diaryl/α,β-unsaturated/α-hetero) is 1. The molecule has 0 saturated heterocycles. The van der Waals surface area contributed by atoms with Gasteiger partial charge in [0.25, 0.3) is 0 Å². The van der Waals surface area contributed by atoms with Crippen molar-refractivity contribution >= 4 is 11.8 Å². The SMILES string of the molecule is CC1C=C(C(=O)c2ccccc2)C=CC1C[C@H](N)C(=O)O. The topological polar surface area (TPSA) is 80.4 Å². The number of carbonyl (C=O) groups is 2. The van der Waals surface area contributed by atoms with Crippen LogP contribution < -0.4 is 5.73 Å². The van der Waals surface area contributed by atoms with Gasteiger partial charge in [0.05, 0.1) is 0 Å². The summed E-state index contributed by atoms with van der Waals surface area (Å²) in [6, 6.07) is 8.23. The van der Waals surface area contributed by atoms with Crippen LogP contribution >= 0.6 is 0 Å². The van der Waals surface area contributed by atoms with Gasteiger partial charge in [0.15, 0.2) is 5.78 Å². The molecule has 0 aliphatic heterocycles. The first-order chi connectivity index (χ1) is 9.99. The average Bonchev–Trinajstić information content (AvgIpc) is 2.49. The van der Waals surface area contributed by atoms with E-state index in [0.29, 0.717) is 17.6 Å². The number of allylic oxidation sites excluding steroid dienone is 4. The molecule has 0 aromatic heterocycles. The standard InChI is InChI=1S/C17H19NO3/c1-11-9-14(16(19)12-5-3-2-4-6-12)8-7-13(11)10-15(18)17(20)21/h2-9,11,13,15H,10,18H2,1H3,(H,20,21)/t11?,13?,15-/m0/s1. The molecule has 3 atom stereocenters. The van der Waals surface area contributed by atoms with Crippen molar-refractivity contribution in [1.82, 2.24) is 0 Å². The van der Waals surface area contributed by atoms with Crippen LogP contribution in [0.3, 0.4) is 0 Å². The zero-order chi connectivity index (χ0) is 15.4. The molecule has 4 heteroatoms. The predicted octanol–water partition coefficient (Wildman–Crippen LogP) is 2.42. The molecule has 4 nitrogen and oxygen atoms in total.